The van der Waals surface area contributed by atoms with E-state index in [1.165, 1.54) is 18.3 Å². The molecule has 4 rings (SSSR count). The van der Waals surface area contributed by atoms with Gasteiger partial charge in [0.2, 0.25) is 0 Å². The molecule has 0 unspecified atom stereocenters. The molecule has 0 spiro atoms. The van der Waals surface area contributed by atoms with Crippen molar-refractivity contribution in [2.24, 2.45) is 0 Å². The fraction of sp³-hybridized carbons (Fsp3) is 0.381. The number of rotatable bonds is 3. The molecule has 146 valence electrons. The maximum atomic E-state index is 13.3. The fourth-order valence-electron chi connectivity index (χ4n) is 3.97. The van der Waals surface area contributed by atoms with Gasteiger partial charge in [-0.3, -0.25) is 4.79 Å². The molecule has 28 heavy (non-hydrogen) atoms. The van der Waals surface area contributed by atoms with Gasteiger partial charge in [-0.2, -0.15) is 5.10 Å². The third-order valence-corrected chi connectivity index (χ3v) is 5.86. The van der Waals surface area contributed by atoms with Gasteiger partial charge in [-0.05, 0) is 56.9 Å². The number of fused-ring (bicyclic) bond motifs is 1. The minimum Gasteiger partial charge on any atom is -0.336 e. The number of hydrogen-bond donors (Lipinski definition) is 0. The topological polar surface area (TPSA) is 51.0 Å². The predicted octanol–water partition coefficient (Wildman–Crippen LogP) is 4.93. The van der Waals surface area contributed by atoms with E-state index in [1.54, 1.807) is 16.8 Å². The number of carbonyl (C=O) groups is 1. The van der Waals surface area contributed by atoms with Crippen LogP contribution in [0.25, 0.3) is 16.7 Å². The van der Waals surface area contributed by atoms with Gasteiger partial charge < -0.3 is 4.90 Å². The molecule has 0 N–H and O–H groups in total. The lowest BCUT2D eigenvalue weighted by atomic mass is 9.99. The number of amides is 1. The zero-order valence-corrected chi connectivity index (χ0v) is 16.7. The van der Waals surface area contributed by atoms with Gasteiger partial charge in [-0.1, -0.05) is 18.5 Å². The molecule has 1 aliphatic rings. The number of benzene rings is 1. The Kier molecular flexibility index (Phi) is 5.06. The van der Waals surface area contributed by atoms with Gasteiger partial charge in [-0.25, -0.2) is 14.1 Å². The second-order valence-electron chi connectivity index (χ2n) is 7.21. The summed E-state index contributed by atoms with van der Waals surface area (Å²) in [7, 11) is 0. The summed E-state index contributed by atoms with van der Waals surface area (Å²) in [5, 5.41) is 5.55. The Morgan fingerprint density at radius 2 is 2.04 bits per heavy atom. The summed E-state index contributed by atoms with van der Waals surface area (Å²) < 4.78 is 14.9. The van der Waals surface area contributed by atoms with Crippen LogP contribution in [0.2, 0.25) is 5.02 Å². The third kappa shape index (κ3) is 3.15. The van der Waals surface area contributed by atoms with Crippen molar-refractivity contribution in [1.29, 1.82) is 0 Å². The van der Waals surface area contributed by atoms with Crippen molar-refractivity contribution in [3.63, 3.8) is 0 Å². The van der Waals surface area contributed by atoms with Crippen molar-refractivity contribution in [3.05, 3.63) is 52.6 Å². The third-order valence-electron chi connectivity index (χ3n) is 5.47. The Balaban J connectivity index is 1.78. The zero-order chi connectivity index (χ0) is 19.8. The number of carbonyl (C=O) groups excluding carboxylic acids is 1. The molecule has 3 heterocycles. The van der Waals surface area contributed by atoms with Crippen molar-refractivity contribution >= 4 is 28.5 Å². The predicted molar refractivity (Wildman–Crippen MR) is 108 cm³/mol. The Hall–Kier alpha value is -2.47. The molecule has 0 saturated carbocycles. The second-order valence-corrected chi connectivity index (χ2v) is 7.59. The Bertz CT molecular complexity index is 1030. The summed E-state index contributed by atoms with van der Waals surface area (Å²) >= 11 is 6.68. The van der Waals surface area contributed by atoms with Crippen LogP contribution >= 0.6 is 11.6 Å². The molecule has 1 fully saturated rings. The minimum atomic E-state index is -0.317. The standard InChI is InChI=1S/C21H22ClFN4O/c1-3-15-6-4-5-11-26(15)21(28)17-12-24-20-18(19(17)22)13(2)25-27(20)16-9-7-14(23)8-10-16/h7-10,12,15H,3-6,11H2,1-2H3/t15-/m1/s1. The molecule has 2 aromatic heterocycles. The lowest BCUT2D eigenvalue weighted by molar-refractivity contribution is 0.0608. The first kappa shape index (κ1) is 18.9. The Morgan fingerprint density at radius 3 is 2.75 bits per heavy atom. The highest BCUT2D eigenvalue weighted by molar-refractivity contribution is 6.38. The van der Waals surface area contributed by atoms with E-state index in [-0.39, 0.29) is 17.8 Å². The fourth-order valence-corrected chi connectivity index (χ4v) is 4.32. The average molecular weight is 401 g/mol. The first-order valence-corrected chi connectivity index (χ1v) is 9.99. The van der Waals surface area contributed by atoms with E-state index in [2.05, 4.69) is 17.0 Å². The molecular weight excluding hydrogens is 379 g/mol. The van der Waals surface area contributed by atoms with Crippen molar-refractivity contribution < 1.29 is 9.18 Å². The van der Waals surface area contributed by atoms with Crippen molar-refractivity contribution in [3.8, 4) is 5.69 Å². The van der Waals surface area contributed by atoms with Gasteiger partial charge >= 0.3 is 0 Å². The molecule has 3 aromatic rings. The van der Waals surface area contributed by atoms with Gasteiger partial charge in [0.25, 0.3) is 5.91 Å². The highest BCUT2D eigenvalue weighted by atomic mass is 35.5. The molecule has 7 heteroatoms. The zero-order valence-electron chi connectivity index (χ0n) is 16.0. The summed E-state index contributed by atoms with van der Waals surface area (Å²) in [5.74, 6) is -0.386. The van der Waals surface area contributed by atoms with Crippen LogP contribution in [-0.4, -0.2) is 38.2 Å². The highest BCUT2D eigenvalue weighted by Gasteiger charge is 2.29. The maximum Gasteiger partial charge on any atom is 0.257 e. The molecule has 1 atom stereocenters. The van der Waals surface area contributed by atoms with Gasteiger partial charge in [0.05, 0.1) is 27.4 Å². The number of aryl methyl sites for hydroxylation is 1. The number of nitrogens with zero attached hydrogens (tertiary/aromatic N) is 4. The monoisotopic (exact) mass is 400 g/mol. The molecule has 0 radical (unpaired) electrons. The van der Waals surface area contributed by atoms with Crippen molar-refractivity contribution in [2.45, 2.75) is 45.6 Å². The lowest BCUT2D eigenvalue weighted by Crippen LogP contribution is -2.43. The van der Waals surface area contributed by atoms with E-state index in [9.17, 15) is 9.18 Å². The normalized spacial score (nSPS) is 17.3. The highest BCUT2D eigenvalue weighted by Crippen LogP contribution is 2.32. The SMILES string of the molecule is CC[C@@H]1CCCCN1C(=O)c1cnc2c(c(C)nn2-c2ccc(F)cc2)c1Cl. The lowest BCUT2D eigenvalue weighted by Gasteiger charge is -2.35. The number of piperidine rings is 1. The Labute approximate surface area is 168 Å². The van der Waals surface area contributed by atoms with E-state index in [0.717, 1.165) is 32.2 Å². The molecule has 1 saturated heterocycles. The molecule has 1 aliphatic heterocycles. The summed E-state index contributed by atoms with van der Waals surface area (Å²) in [6.07, 6.45) is 5.65. The van der Waals surface area contributed by atoms with E-state index in [4.69, 9.17) is 11.6 Å². The Morgan fingerprint density at radius 1 is 1.29 bits per heavy atom. The average Bonchev–Trinajstić information content (AvgIpc) is 3.05. The van der Waals surface area contributed by atoms with E-state index >= 15 is 0 Å². The largest absolute Gasteiger partial charge is 0.336 e. The van der Waals surface area contributed by atoms with Crippen LogP contribution in [0.1, 0.15) is 48.7 Å². The second kappa shape index (κ2) is 7.51. The first-order chi connectivity index (χ1) is 13.5. The maximum absolute atomic E-state index is 13.3. The summed E-state index contributed by atoms with van der Waals surface area (Å²) in [6.45, 7) is 4.69. The van der Waals surface area contributed by atoms with Crippen LogP contribution < -0.4 is 0 Å². The van der Waals surface area contributed by atoms with Crippen LogP contribution in [0.4, 0.5) is 4.39 Å². The summed E-state index contributed by atoms with van der Waals surface area (Å²) in [6, 6.07) is 6.26. The van der Waals surface area contributed by atoms with Gasteiger partial charge in [0, 0.05) is 18.8 Å². The number of hydrogen-bond acceptors (Lipinski definition) is 3. The van der Waals surface area contributed by atoms with Crippen LogP contribution in [0.3, 0.4) is 0 Å². The van der Waals surface area contributed by atoms with E-state index in [0.29, 0.717) is 33.0 Å². The van der Waals surface area contributed by atoms with Gasteiger partial charge in [0.15, 0.2) is 5.65 Å². The van der Waals surface area contributed by atoms with Crippen molar-refractivity contribution in [2.75, 3.05) is 6.54 Å². The van der Waals surface area contributed by atoms with E-state index < -0.39 is 0 Å². The first-order valence-electron chi connectivity index (χ1n) is 9.62. The number of aromatic nitrogens is 3. The molecule has 0 bridgehead atoms. The quantitative estimate of drug-likeness (QED) is 0.626. The molecule has 0 aliphatic carbocycles. The van der Waals surface area contributed by atoms with Crippen molar-refractivity contribution in [1.82, 2.24) is 19.7 Å². The summed E-state index contributed by atoms with van der Waals surface area (Å²) in [4.78, 5) is 19.6. The smallest absolute Gasteiger partial charge is 0.257 e. The number of likely N-dealkylation sites (tertiary alicyclic amines) is 1. The van der Waals surface area contributed by atoms with Crippen LogP contribution in [0, 0.1) is 12.7 Å². The van der Waals surface area contributed by atoms with E-state index in [1.807, 2.05) is 11.8 Å². The molecular formula is C21H22ClFN4O. The summed E-state index contributed by atoms with van der Waals surface area (Å²) in [5.41, 5.74) is 2.33. The molecule has 1 aromatic carbocycles. The molecule has 5 nitrogen and oxygen atoms in total. The minimum absolute atomic E-state index is 0.0696. The van der Waals surface area contributed by atoms with Gasteiger partial charge in [0.1, 0.15) is 5.82 Å². The molecule has 1 amide bonds. The number of pyridine rings is 1. The number of halogens is 2. The van der Waals surface area contributed by atoms with Crippen LogP contribution in [0.15, 0.2) is 30.5 Å². The van der Waals surface area contributed by atoms with Crippen LogP contribution in [-0.2, 0) is 0 Å². The van der Waals surface area contributed by atoms with Gasteiger partial charge in [-0.15, -0.1) is 0 Å². The van der Waals surface area contributed by atoms with Crippen LogP contribution in [0.5, 0.6) is 0 Å².